The summed E-state index contributed by atoms with van der Waals surface area (Å²) in [6, 6.07) is 6.17. The minimum Gasteiger partial charge on any atom is -0.298 e. The molecule has 0 unspecified atom stereocenters. The van der Waals surface area contributed by atoms with Crippen molar-refractivity contribution in [2.75, 3.05) is 13.1 Å². The number of hydrogen-bond acceptors (Lipinski definition) is 3. The highest BCUT2D eigenvalue weighted by Gasteiger charge is 2.15. The standard InChI is InChI=1S/C10H13BrN2S/c11-7-2-3-8(9(14)6-7)10-12-4-1-5-13-10/h2-3,6,10,12-14H,1,4-5H2. The van der Waals surface area contributed by atoms with E-state index in [0.29, 0.717) is 0 Å². The van der Waals surface area contributed by atoms with Crippen molar-refractivity contribution in [1.82, 2.24) is 10.6 Å². The summed E-state index contributed by atoms with van der Waals surface area (Å²) in [6.45, 7) is 2.14. The molecule has 0 aliphatic carbocycles. The van der Waals surface area contributed by atoms with Gasteiger partial charge in [-0.15, -0.1) is 12.6 Å². The van der Waals surface area contributed by atoms with E-state index in [1.54, 1.807) is 0 Å². The zero-order chi connectivity index (χ0) is 9.97. The zero-order valence-corrected chi connectivity index (χ0v) is 10.2. The molecule has 2 rings (SSSR count). The lowest BCUT2D eigenvalue weighted by atomic mass is 10.1. The molecule has 0 aromatic heterocycles. The maximum atomic E-state index is 4.47. The molecule has 0 spiro atoms. The maximum absolute atomic E-state index is 4.47. The van der Waals surface area contributed by atoms with Gasteiger partial charge >= 0.3 is 0 Å². The van der Waals surface area contributed by atoms with Crippen LogP contribution in [0, 0.1) is 0 Å². The SMILES string of the molecule is Sc1cc(Br)ccc1C1NCCCN1. The van der Waals surface area contributed by atoms with Gasteiger partial charge in [0.05, 0.1) is 6.17 Å². The smallest absolute Gasteiger partial charge is 0.0846 e. The average molecular weight is 273 g/mol. The van der Waals surface area contributed by atoms with Gasteiger partial charge in [-0.25, -0.2) is 0 Å². The number of thiol groups is 1. The molecule has 14 heavy (non-hydrogen) atoms. The molecule has 4 heteroatoms. The van der Waals surface area contributed by atoms with Crippen LogP contribution in [-0.2, 0) is 0 Å². The van der Waals surface area contributed by atoms with E-state index in [1.807, 2.05) is 12.1 Å². The van der Waals surface area contributed by atoms with Crippen molar-refractivity contribution < 1.29 is 0 Å². The molecular formula is C10H13BrN2S. The third kappa shape index (κ3) is 2.31. The van der Waals surface area contributed by atoms with E-state index in [-0.39, 0.29) is 6.17 Å². The van der Waals surface area contributed by atoms with E-state index >= 15 is 0 Å². The lowest BCUT2D eigenvalue weighted by molar-refractivity contribution is 0.376. The predicted octanol–water partition coefficient (Wildman–Crippen LogP) is 2.32. The lowest BCUT2D eigenvalue weighted by Gasteiger charge is -2.26. The Kier molecular flexibility index (Phi) is 3.49. The summed E-state index contributed by atoms with van der Waals surface area (Å²) < 4.78 is 1.07. The van der Waals surface area contributed by atoms with Crippen molar-refractivity contribution in [3.63, 3.8) is 0 Å². The third-order valence-corrected chi connectivity index (χ3v) is 3.23. The van der Waals surface area contributed by atoms with Crippen LogP contribution in [0.4, 0.5) is 0 Å². The molecule has 1 fully saturated rings. The molecule has 1 aromatic carbocycles. The van der Waals surface area contributed by atoms with Crippen LogP contribution in [0.3, 0.4) is 0 Å². The van der Waals surface area contributed by atoms with Crippen LogP contribution in [-0.4, -0.2) is 13.1 Å². The van der Waals surface area contributed by atoms with Gasteiger partial charge in [-0.1, -0.05) is 22.0 Å². The Morgan fingerprint density at radius 3 is 2.64 bits per heavy atom. The maximum Gasteiger partial charge on any atom is 0.0846 e. The van der Waals surface area contributed by atoms with Gasteiger partial charge in [-0.2, -0.15) is 0 Å². The Hall–Kier alpha value is -0.0300. The van der Waals surface area contributed by atoms with E-state index in [0.717, 1.165) is 22.5 Å². The molecule has 2 N–H and O–H groups in total. The van der Waals surface area contributed by atoms with Gasteiger partial charge in [-0.3, -0.25) is 10.6 Å². The normalized spacial score (nSPS) is 18.4. The summed E-state index contributed by atoms with van der Waals surface area (Å²) >= 11 is 7.90. The summed E-state index contributed by atoms with van der Waals surface area (Å²) in [5.41, 5.74) is 1.22. The van der Waals surface area contributed by atoms with E-state index in [4.69, 9.17) is 0 Å². The molecule has 1 aromatic rings. The second kappa shape index (κ2) is 4.66. The predicted molar refractivity (Wildman–Crippen MR) is 64.8 cm³/mol. The first-order valence-electron chi connectivity index (χ1n) is 4.72. The van der Waals surface area contributed by atoms with Gasteiger partial charge in [0, 0.05) is 9.37 Å². The lowest BCUT2D eigenvalue weighted by Crippen LogP contribution is -2.41. The van der Waals surface area contributed by atoms with Crippen molar-refractivity contribution >= 4 is 28.6 Å². The van der Waals surface area contributed by atoms with Crippen LogP contribution in [0.15, 0.2) is 27.6 Å². The molecule has 2 nitrogen and oxygen atoms in total. The summed E-state index contributed by atoms with van der Waals surface area (Å²) in [5.74, 6) is 0. The van der Waals surface area contributed by atoms with Crippen molar-refractivity contribution in [3.8, 4) is 0 Å². The molecule has 1 saturated heterocycles. The monoisotopic (exact) mass is 272 g/mol. The number of nitrogens with one attached hydrogen (secondary N) is 2. The van der Waals surface area contributed by atoms with E-state index in [9.17, 15) is 0 Å². The Bertz CT molecular complexity index is 324. The minimum absolute atomic E-state index is 0.254. The van der Waals surface area contributed by atoms with Crippen LogP contribution in [0.2, 0.25) is 0 Å². The van der Waals surface area contributed by atoms with Gasteiger partial charge < -0.3 is 0 Å². The van der Waals surface area contributed by atoms with Crippen LogP contribution < -0.4 is 10.6 Å². The molecular weight excluding hydrogens is 260 g/mol. The molecule has 1 heterocycles. The van der Waals surface area contributed by atoms with Gasteiger partial charge in [-0.05, 0) is 37.2 Å². The van der Waals surface area contributed by atoms with Crippen LogP contribution >= 0.6 is 28.6 Å². The fraction of sp³-hybridized carbons (Fsp3) is 0.400. The van der Waals surface area contributed by atoms with Crippen LogP contribution in [0.25, 0.3) is 0 Å². The Labute approximate surface area is 98.0 Å². The van der Waals surface area contributed by atoms with Crippen LogP contribution in [0.5, 0.6) is 0 Å². The van der Waals surface area contributed by atoms with Crippen molar-refractivity contribution in [2.24, 2.45) is 0 Å². The second-order valence-electron chi connectivity index (χ2n) is 3.40. The zero-order valence-electron chi connectivity index (χ0n) is 7.76. The van der Waals surface area contributed by atoms with E-state index in [1.165, 1.54) is 12.0 Å². The molecule has 0 bridgehead atoms. The first-order chi connectivity index (χ1) is 6.77. The third-order valence-electron chi connectivity index (χ3n) is 2.35. The number of halogens is 1. The van der Waals surface area contributed by atoms with Crippen LogP contribution in [0.1, 0.15) is 18.2 Å². The fourth-order valence-corrected chi connectivity index (χ4v) is 2.51. The Morgan fingerprint density at radius 1 is 1.29 bits per heavy atom. The molecule has 0 saturated carbocycles. The van der Waals surface area contributed by atoms with Gasteiger partial charge in [0.1, 0.15) is 0 Å². The van der Waals surface area contributed by atoms with E-state index < -0.39 is 0 Å². The molecule has 1 aliphatic rings. The van der Waals surface area contributed by atoms with Crippen molar-refractivity contribution in [1.29, 1.82) is 0 Å². The summed E-state index contributed by atoms with van der Waals surface area (Å²) in [6.07, 6.45) is 1.44. The first-order valence-corrected chi connectivity index (χ1v) is 5.96. The van der Waals surface area contributed by atoms with Gasteiger partial charge in [0.2, 0.25) is 0 Å². The van der Waals surface area contributed by atoms with Crippen molar-refractivity contribution in [2.45, 2.75) is 17.5 Å². The Balaban J connectivity index is 2.22. The summed E-state index contributed by atoms with van der Waals surface area (Å²) in [4.78, 5) is 1.02. The fourth-order valence-electron chi connectivity index (χ4n) is 1.63. The van der Waals surface area contributed by atoms with E-state index in [2.05, 4.69) is 45.3 Å². The summed E-state index contributed by atoms with van der Waals surface area (Å²) in [7, 11) is 0. The molecule has 0 amide bonds. The average Bonchev–Trinajstić information content (AvgIpc) is 2.19. The van der Waals surface area contributed by atoms with Crippen molar-refractivity contribution in [3.05, 3.63) is 28.2 Å². The van der Waals surface area contributed by atoms with Gasteiger partial charge in [0.15, 0.2) is 0 Å². The number of rotatable bonds is 1. The Morgan fingerprint density at radius 2 is 2.00 bits per heavy atom. The van der Waals surface area contributed by atoms with Gasteiger partial charge in [0.25, 0.3) is 0 Å². The highest BCUT2D eigenvalue weighted by atomic mass is 79.9. The number of benzene rings is 1. The molecule has 1 aliphatic heterocycles. The summed E-state index contributed by atoms with van der Waals surface area (Å²) in [5, 5.41) is 6.84. The first kappa shape index (κ1) is 10.5. The largest absolute Gasteiger partial charge is 0.298 e. The quantitative estimate of drug-likeness (QED) is 0.684. The number of hydrogen-bond donors (Lipinski definition) is 3. The molecule has 0 radical (unpaired) electrons. The minimum atomic E-state index is 0.254. The topological polar surface area (TPSA) is 24.1 Å². The second-order valence-corrected chi connectivity index (χ2v) is 4.80. The highest BCUT2D eigenvalue weighted by molar-refractivity contribution is 9.10. The molecule has 76 valence electrons. The highest BCUT2D eigenvalue weighted by Crippen LogP contribution is 2.24. The molecule has 0 atom stereocenters.